The minimum Gasteiger partial charge on any atom is -0.386 e. The summed E-state index contributed by atoms with van der Waals surface area (Å²) in [6, 6.07) is 0. The topological polar surface area (TPSA) is 52.6 Å². The zero-order chi connectivity index (χ0) is 12.1. The molecule has 3 fully saturated rings. The van der Waals surface area contributed by atoms with E-state index in [9.17, 15) is 9.90 Å². The van der Waals surface area contributed by atoms with Crippen LogP contribution in [0.25, 0.3) is 0 Å². The van der Waals surface area contributed by atoms with E-state index in [0.717, 1.165) is 38.8 Å². The van der Waals surface area contributed by atoms with Crippen molar-refractivity contribution in [1.29, 1.82) is 0 Å². The molecule has 3 aliphatic rings. The number of carbonyl (C=O) groups excluding carboxylic acids is 1. The van der Waals surface area contributed by atoms with E-state index < -0.39 is 5.60 Å². The number of aliphatic hydroxyl groups is 1. The maximum absolute atomic E-state index is 12.4. The molecule has 1 aliphatic carbocycles. The van der Waals surface area contributed by atoms with Crippen LogP contribution in [0, 0.1) is 11.3 Å². The van der Waals surface area contributed by atoms with Crippen molar-refractivity contribution < 1.29 is 9.90 Å². The maximum Gasteiger partial charge on any atom is 0.228 e. The van der Waals surface area contributed by atoms with Crippen LogP contribution in [0.3, 0.4) is 0 Å². The van der Waals surface area contributed by atoms with Crippen molar-refractivity contribution in [2.75, 3.05) is 26.2 Å². The fraction of sp³-hybridized carbons (Fsp3) is 0.923. The third kappa shape index (κ3) is 1.87. The Morgan fingerprint density at radius 1 is 1.29 bits per heavy atom. The maximum atomic E-state index is 12.4. The molecule has 3 rings (SSSR count). The molecular weight excluding hydrogens is 216 g/mol. The molecule has 0 aromatic rings. The fourth-order valence-electron chi connectivity index (χ4n) is 3.21. The zero-order valence-electron chi connectivity index (χ0n) is 10.5. The Morgan fingerprint density at radius 2 is 1.88 bits per heavy atom. The van der Waals surface area contributed by atoms with Crippen molar-refractivity contribution >= 4 is 5.91 Å². The summed E-state index contributed by atoms with van der Waals surface area (Å²) in [5.41, 5.74) is -0.741. The van der Waals surface area contributed by atoms with E-state index in [2.05, 4.69) is 12.2 Å². The van der Waals surface area contributed by atoms with Gasteiger partial charge in [-0.3, -0.25) is 4.79 Å². The highest BCUT2D eigenvalue weighted by molar-refractivity contribution is 5.83. The molecule has 0 aromatic heterocycles. The quantitative estimate of drug-likeness (QED) is 0.730. The van der Waals surface area contributed by atoms with E-state index >= 15 is 0 Å². The van der Waals surface area contributed by atoms with Gasteiger partial charge in [0.25, 0.3) is 0 Å². The summed E-state index contributed by atoms with van der Waals surface area (Å²) in [7, 11) is 0. The van der Waals surface area contributed by atoms with E-state index in [-0.39, 0.29) is 11.3 Å². The molecule has 4 heteroatoms. The SMILES string of the molecule is CC1(C(=O)N2CC(O)(C3CC3)C2)CCNCC1. The van der Waals surface area contributed by atoms with Gasteiger partial charge in [-0.25, -0.2) is 0 Å². The number of nitrogens with one attached hydrogen (secondary N) is 1. The second-order valence-electron chi connectivity index (χ2n) is 6.35. The van der Waals surface area contributed by atoms with Crippen LogP contribution in [0.5, 0.6) is 0 Å². The Kier molecular flexibility index (Phi) is 2.49. The molecule has 0 atom stereocenters. The molecule has 0 aromatic carbocycles. The third-order valence-corrected chi connectivity index (χ3v) is 4.78. The van der Waals surface area contributed by atoms with Gasteiger partial charge in [-0.05, 0) is 44.7 Å². The highest BCUT2D eigenvalue weighted by Crippen LogP contribution is 2.46. The van der Waals surface area contributed by atoms with Crippen LogP contribution in [-0.4, -0.2) is 47.7 Å². The lowest BCUT2D eigenvalue weighted by atomic mass is 9.77. The first-order valence-electron chi connectivity index (χ1n) is 6.76. The van der Waals surface area contributed by atoms with Crippen LogP contribution >= 0.6 is 0 Å². The van der Waals surface area contributed by atoms with E-state index in [1.54, 1.807) is 0 Å². The van der Waals surface area contributed by atoms with E-state index in [4.69, 9.17) is 0 Å². The number of rotatable bonds is 2. The molecule has 2 aliphatic heterocycles. The fourth-order valence-corrected chi connectivity index (χ4v) is 3.21. The second kappa shape index (κ2) is 3.69. The molecule has 0 bridgehead atoms. The van der Waals surface area contributed by atoms with Crippen LogP contribution in [0.4, 0.5) is 0 Å². The minimum absolute atomic E-state index is 0.198. The van der Waals surface area contributed by atoms with E-state index in [1.807, 2.05) is 4.90 Å². The number of amides is 1. The summed E-state index contributed by atoms with van der Waals surface area (Å²) >= 11 is 0. The van der Waals surface area contributed by atoms with Crippen molar-refractivity contribution in [3.63, 3.8) is 0 Å². The van der Waals surface area contributed by atoms with E-state index in [0.29, 0.717) is 19.0 Å². The van der Waals surface area contributed by atoms with Crippen LogP contribution < -0.4 is 5.32 Å². The molecule has 17 heavy (non-hydrogen) atoms. The lowest BCUT2D eigenvalue weighted by Gasteiger charge is -2.50. The van der Waals surface area contributed by atoms with Gasteiger partial charge in [0.2, 0.25) is 5.91 Å². The van der Waals surface area contributed by atoms with Crippen LogP contribution in [0.2, 0.25) is 0 Å². The molecule has 0 unspecified atom stereocenters. The van der Waals surface area contributed by atoms with Gasteiger partial charge in [0, 0.05) is 5.41 Å². The van der Waals surface area contributed by atoms with Gasteiger partial charge in [0.15, 0.2) is 0 Å². The van der Waals surface area contributed by atoms with Gasteiger partial charge in [-0.1, -0.05) is 6.92 Å². The lowest BCUT2D eigenvalue weighted by Crippen LogP contribution is -2.67. The Morgan fingerprint density at radius 3 is 2.41 bits per heavy atom. The lowest BCUT2D eigenvalue weighted by molar-refractivity contribution is -0.170. The first-order chi connectivity index (χ1) is 8.04. The average molecular weight is 238 g/mol. The summed E-state index contributed by atoms with van der Waals surface area (Å²) in [6.45, 7) is 5.08. The highest BCUT2D eigenvalue weighted by atomic mass is 16.3. The van der Waals surface area contributed by atoms with Gasteiger partial charge in [0.05, 0.1) is 13.1 Å². The average Bonchev–Trinajstić information content (AvgIpc) is 3.09. The van der Waals surface area contributed by atoms with Gasteiger partial charge in [-0.15, -0.1) is 0 Å². The number of carbonyl (C=O) groups is 1. The molecule has 4 nitrogen and oxygen atoms in total. The Bertz CT molecular complexity index is 326. The first-order valence-corrected chi connectivity index (χ1v) is 6.76. The summed E-state index contributed by atoms with van der Waals surface area (Å²) in [5, 5.41) is 13.5. The van der Waals surface area contributed by atoms with Crippen molar-refractivity contribution in [1.82, 2.24) is 10.2 Å². The third-order valence-electron chi connectivity index (χ3n) is 4.78. The number of nitrogens with zero attached hydrogens (tertiary/aromatic N) is 1. The molecule has 0 spiro atoms. The number of piperidine rings is 1. The molecular formula is C13H22N2O2. The molecule has 96 valence electrons. The van der Waals surface area contributed by atoms with Gasteiger partial charge in [0.1, 0.15) is 5.60 Å². The van der Waals surface area contributed by atoms with Crippen LogP contribution in [0.15, 0.2) is 0 Å². The molecule has 0 radical (unpaired) electrons. The van der Waals surface area contributed by atoms with Crippen molar-refractivity contribution in [2.45, 2.75) is 38.2 Å². The smallest absolute Gasteiger partial charge is 0.228 e. The highest BCUT2D eigenvalue weighted by Gasteiger charge is 2.55. The molecule has 1 saturated carbocycles. The summed E-state index contributed by atoms with van der Waals surface area (Å²) in [6.07, 6.45) is 4.12. The van der Waals surface area contributed by atoms with Gasteiger partial charge < -0.3 is 15.3 Å². The Balaban J connectivity index is 1.60. The largest absolute Gasteiger partial charge is 0.386 e. The zero-order valence-corrected chi connectivity index (χ0v) is 10.5. The molecule has 1 amide bonds. The van der Waals surface area contributed by atoms with Gasteiger partial charge >= 0.3 is 0 Å². The van der Waals surface area contributed by atoms with E-state index in [1.165, 1.54) is 0 Å². The van der Waals surface area contributed by atoms with Crippen molar-refractivity contribution in [3.05, 3.63) is 0 Å². The number of β-amino-alcohol motifs (C(OH)–C–C–N with tert-alkyl or cyclic N) is 1. The molecule has 2 N–H and O–H groups in total. The predicted octanol–water partition coefficient (Wildman–Crippen LogP) is 0.359. The minimum atomic E-state index is -0.543. The summed E-state index contributed by atoms with van der Waals surface area (Å²) in [4.78, 5) is 14.3. The molecule has 2 saturated heterocycles. The Labute approximate surface area is 102 Å². The number of hydrogen-bond donors (Lipinski definition) is 2. The summed E-state index contributed by atoms with van der Waals surface area (Å²) in [5.74, 6) is 0.719. The monoisotopic (exact) mass is 238 g/mol. The number of likely N-dealkylation sites (tertiary alicyclic amines) is 1. The molecule has 2 heterocycles. The second-order valence-corrected chi connectivity index (χ2v) is 6.35. The number of hydrogen-bond acceptors (Lipinski definition) is 3. The van der Waals surface area contributed by atoms with Crippen LogP contribution in [0.1, 0.15) is 32.6 Å². The normalized spacial score (nSPS) is 30.8. The van der Waals surface area contributed by atoms with Crippen molar-refractivity contribution in [3.8, 4) is 0 Å². The van der Waals surface area contributed by atoms with Crippen molar-refractivity contribution in [2.24, 2.45) is 11.3 Å². The Hall–Kier alpha value is -0.610. The summed E-state index contributed by atoms with van der Waals surface area (Å²) < 4.78 is 0. The standard InChI is InChI=1S/C13H22N2O2/c1-12(4-6-14-7-5-12)11(16)15-8-13(17,9-15)10-2-3-10/h10,14,17H,2-9H2,1H3. The predicted molar refractivity (Wildman–Crippen MR) is 64.5 cm³/mol. The van der Waals surface area contributed by atoms with Crippen LogP contribution in [-0.2, 0) is 4.79 Å². The first kappa shape index (κ1) is 11.5. The van der Waals surface area contributed by atoms with Gasteiger partial charge in [-0.2, -0.15) is 0 Å².